The molecule has 0 aliphatic carbocycles. The first-order valence-corrected chi connectivity index (χ1v) is 10.9. The second kappa shape index (κ2) is 10.3. The van der Waals surface area contributed by atoms with Gasteiger partial charge in [0, 0.05) is 38.3 Å². The number of hydrogen-bond acceptors (Lipinski definition) is 4. The van der Waals surface area contributed by atoms with Crippen LogP contribution in [0.5, 0.6) is 5.75 Å². The van der Waals surface area contributed by atoms with Crippen LogP contribution in [0, 0.1) is 5.92 Å². The normalized spacial score (nSPS) is 24.3. The number of unbranched alkanes of at least 4 members (excludes halogenated alkanes) is 1. The third-order valence-corrected chi connectivity index (χ3v) is 5.78. The maximum Gasteiger partial charge on any atom is 0.253 e. The van der Waals surface area contributed by atoms with E-state index in [9.17, 15) is 4.79 Å². The minimum atomic E-state index is 0.146. The van der Waals surface area contributed by atoms with Gasteiger partial charge >= 0.3 is 0 Å². The van der Waals surface area contributed by atoms with E-state index in [0.717, 1.165) is 76.3 Å². The minimum absolute atomic E-state index is 0.146. The lowest BCUT2D eigenvalue weighted by Gasteiger charge is -2.39. The van der Waals surface area contributed by atoms with Gasteiger partial charge in [0.15, 0.2) is 0 Å². The average Bonchev–Trinajstić information content (AvgIpc) is 2.68. The number of carbonyl (C=O) groups excluding carboxylic acids is 1. The second-order valence-electron chi connectivity index (χ2n) is 8.44. The number of carbonyl (C=O) groups is 1. The molecule has 0 aromatic heterocycles. The van der Waals surface area contributed by atoms with Crippen LogP contribution in [0.15, 0.2) is 24.3 Å². The van der Waals surface area contributed by atoms with Crippen LogP contribution in [-0.2, 0) is 4.74 Å². The second-order valence-corrected chi connectivity index (χ2v) is 8.44. The van der Waals surface area contributed by atoms with E-state index in [1.165, 1.54) is 0 Å². The van der Waals surface area contributed by atoms with Gasteiger partial charge in [-0.3, -0.25) is 9.69 Å². The van der Waals surface area contributed by atoms with Crippen LogP contribution in [0.4, 0.5) is 0 Å². The number of nitrogens with zero attached hydrogens (tertiary/aromatic N) is 2. The highest BCUT2D eigenvalue weighted by molar-refractivity contribution is 5.94. The fourth-order valence-corrected chi connectivity index (χ4v) is 4.33. The Labute approximate surface area is 170 Å². The highest BCUT2D eigenvalue weighted by Gasteiger charge is 2.28. The molecule has 156 valence electrons. The van der Waals surface area contributed by atoms with E-state index < -0.39 is 0 Å². The molecule has 0 radical (unpaired) electrons. The van der Waals surface area contributed by atoms with Gasteiger partial charge in [0.2, 0.25) is 0 Å². The number of benzene rings is 1. The largest absolute Gasteiger partial charge is 0.494 e. The third-order valence-electron chi connectivity index (χ3n) is 5.78. The summed E-state index contributed by atoms with van der Waals surface area (Å²) in [6.07, 6.45) is 4.99. The lowest BCUT2D eigenvalue weighted by Crippen LogP contribution is -2.48. The molecule has 1 aromatic carbocycles. The fourth-order valence-electron chi connectivity index (χ4n) is 4.33. The van der Waals surface area contributed by atoms with Gasteiger partial charge in [0.05, 0.1) is 18.8 Å². The van der Waals surface area contributed by atoms with E-state index in [1.54, 1.807) is 0 Å². The zero-order valence-corrected chi connectivity index (χ0v) is 17.7. The molecule has 1 amide bonds. The predicted molar refractivity (Wildman–Crippen MR) is 112 cm³/mol. The van der Waals surface area contributed by atoms with E-state index in [2.05, 4.69) is 25.7 Å². The molecule has 2 unspecified atom stereocenters. The smallest absolute Gasteiger partial charge is 0.253 e. The van der Waals surface area contributed by atoms with Gasteiger partial charge in [-0.05, 0) is 63.3 Å². The van der Waals surface area contributed by atoms with Crippen molar-refractivity contribution in [2.75, 3.05) is 39.3 Å². The van der Waals surface area contributed by atoms with Gasteiger partial charge < -0.3 is 14.4 Å². The Kier molecular flexibility index (Phi) is 7.74. The number of piperidine rings is 1. The number of ether oxygens (including phenoxy) is 2. The summed E-state index contributed by atoms with van der Waals surface area (Å²) in [5.74, 6) is 1.67. The van der Waals surface area contributed by atoms with Crippen molar-refractivity contribution in [2.45, 2.75) is 58.7 Å². The van der Waals surface area contributed by atoms with E-state index in [4.69, 9.17) is 9.47 Å². The molecule has 5 heteroatoms. The summed E-state index contributed by atoms with van der Waals surface area (Å²) in [5.41, 5.74) is 0.761. The summed E-state index contributed by atoms with van der Waals surface area (Å²) in [4.78, 5) is 17.4. The van der Waals surface area contributed by atoms with Gasteiger partial charge in [0.25, 0.3) is 5.91 Å². The Morgan fingerprint density at radius 1 is 1.11 bits per heavy atom. The zero-order valence-electron chi connectivity index (χ0n) is 17.7. The van der Waals surface area contributed by atoms with E-state index in [0.29, 0.717) is 18.1 Å². The van der Waals surface area contributed by atoms with Crippen LogP contribution in [0.3, 0.4) is 0 Å². The summed E-state index contributed by atoms with van der Waals surface area (Å²) in [7, 11) is 0. The summed E-state index contributed by atoms with van der Waals surface area (Å²) < 4.78 is 11.5. The maximum atomic E-state index is 12.8. The van der Waals surface area contributed by atoms with E-state index in [1.807, 2.05) is 29.2 Å². The Balaban J connectivity index is 1.44. The van der Waals surface area contributed by atoms with Crippen LogP contribution < -0.4 is 4.74 Å². The predicted octanol–water partition coefficient (Wildman–Crippen LogP) is 3.83. The summed E-state index contributed by atoms with van der Waals surface area (Å²) in [6.45, 7) is 12.1. The van der Waals surface area contributed by atoms with Gasteiger partial charge in [-0.1, -0.05) is 13.3 Å². The van der Waals surface area contributed by atoms with Crippen LogP contribution in [0.1, 0.15) is 56.8 Å². The van der Waals surface area contributed by atoms with E-state index >= 15 is 0 Å². The van der Waals surface area contributed by atoms with Crippen LogP contribution >= 0.6 is 0 Å². The van der Waals surface area contributed by atoms with Crippen LogP contribution in [0.2, 0.25) is 0 Å². The Morgan fingerprint density at radius 3 is 2.36 bits per heavy atom. The Morgan fingerprint density at radius 2 is 1.75 bits per heavy atom. The molecule has 2 heterocycles. The van der Waals surface area contributed by atoms with Crippen molar-refractivity contribution in [3.8, 4) is 5.75 Å². The number of morpholine rings is 1. The van der Waals surface area contributed by atoms with Crippen molar-refractivity contribution in [1.82, 2.24) is 9.80 Å². The number of likely N-dealkylation sites (tertiary alicyclic amines) is 1. The highest BCUT2D eigenvalue weighted by atomic mass is 16.5. The molecule has 2 saturated heterocycles. The monoisotopic (exact) mass is 388 g/mol. The molecule has 0 spiro atoms. The van der Waals surface area contributed by atoms with Crippen molar-refractivity contribution in [3.63, 3.8) is 0 Å². The van der Waals surface area contributed by atoms with Crippen molar-refractivity contribution >= 4 is 5.91 Å². The molecule has 2 aliphatic heterocycles. The first kappa shape index (κ1) is 21.1. The third kappa shape index (κ3) is 5.95. The van der Waals surface area contributed by atoms with Crippen molar-refractivity contribution in [1.29, 1.82) is 0 Å². The topological polar surface area (TPSA) is 42.0 Å². The molecular formula is C23H36N2O3. The molecule has 5 nitrogen and oxygen atoms in total. The summed E-state index contributed by atoms with van der Waals surface area (Å²) in [5, 5.41) is 0. The van der Waals surface area contributed by atoms with Crippen molar-refractivity contribution in [2.24, 2.45) is 5.92 Å². The first-order chi connectivity index (χ1) is 13.5. The average molecular weight is 389 g/mol. The molecule has 0 saturated carbocycles. The molecule has 2 fully saturated rings. The lowest BCUT2D eigenvalue weighted by molar-refractivity contribution is -0.0728. The summed E-state index contributed by atoms with van der Waals surface area (Å²) >= 11 is 0. The van der Waals surface area contributed by atoms with Gasteiger partial charge in [-0.2, -0.15) is 0 Å². The van der Waals surface area contributed by atoms with Crippen molar-refractivity contribution in [3.05, 3.63) is 29.8 Å². The Bertz CT molecular complexity index is 601. The van der Waals surface area contributed by atoms with Gasteiger partial charge in [0.1, 0.15) is 5.75 Å². The number of hydrogen-bond donors (Lipinski definition) is 0. The Hall–Kier alpha value is -1.59. The van der Waals surface area contributed by atoms with Gasteiger partial charge in [-0.15, -0.1) is 0 Å². The fraction of sp³-hybridized carbons (Fsp3) is 0.696. The summed E-state index contributed by atoms with van der Waals surface area (Å²) in [6, 6.07) is 7.62. The minimum Gasteiger partial charge on any atom is -0.494 e. The van der Waals surface area contributed by atoms with Crippen molar-refractivity contribution < 1.29 is 14.3 Å². The molecule has 28 heavy (non-hydrogen) atoms. The van der Waals surface area contributed by atoms with Crippen LogP contribution in [-0.4, -0.2) is 67.2 Å². The van der Waals surface area contributed by atoms with Gasteiger partial charge in [-0.25, -0.2) is 0 Å². The molecule has 1 aromatic rings. The SMILES string of the molecule is CCCCOc1ccc(C(=O)N2CCC(CN3CC(C)OC(C)C3)CC2)cc1. The zero-order chi connectivity index (χ0) is 19.9. The quantitative estimate of drug-likeness (QED) is 0.666. The molecular weight excluding hydrogens is 352 g/mol. The maximum absolute atomic E-state index is 12.8. The number of rotatable bonds is 7. The highest BCUT2D eigenvalue weighted by Crippen LogP contribution is 2.23. The molecule has 0 N–H and O–H groups in total. The first-order valence-electron chi connectivity index (χ1n) is 10.9. The van der Waals surface area contributed by atoms with Crippen LogP contribution in [0.25, 0.3) is 0 Å². The molecule has 3 rings (SSSR count). The molecule has 0 bridgehead atoms. The standard InChI is InChI=1S/C23H36N2O3/c1-4-5-14-27-22-8-6-21(7-9-22)23(26)25-12-10-20(11-13-25)17-24-15-18(2)28-19(3)16-24/h6-9,18-20H,4-5,10-17H2,1-3H3. The molecule has 2 atom stereocenters. The lowest BCUT2D eigenvalue weighted by atomic mass is 9.95. The molecule has 2 aliphatic rings. The van der Waals surface area contributed by atoms with E-state index in [-0.39, 0.29) is 5.91 Å². The number of amides is 1.